The van der Waals surface area contributed by atoms with Crippen molar-refractivity contribution in [2.45, 2.75) is 38.5 Å². The lowest BCUT2D eigenvalue weighted by molar-refractivity contribution is -0.0980. The molecule has 0 radical (unpaired) electrons. The fourth-order valence-corrected chi connectivity index (χ4v) is 4.31. The average molecular weight is 462 g/mol. The van der Waals surface area contributed by atoms with E-state index in [-0.39, 0.29) is 17.8 Å². The number of amides is 1. The van der Waals surface area contributed by atoms with Crippen molar-refractivity contribution >= 4 is 24.5 Å². The zero-order chi connectivity index (χ0) is 24.1. The Labute approximate surface area is 194 Å². The number of carbonyl (C=O) groups is 2. The van der Waals surface area contributed by atoms with Crippen molar-refractivity contribution in [1.29, 1.82) is 0 Å². The highest BCUT2D eigenvalue weighted by atomic mass is 32.2. The number of thioether (sulfide) groups is 1. The number of aliphatic hydroxyl groups is 1. The van der Waals surface area contributed by atoms with Gasteiger partial charge in [-0.25, -0.2) is 4.39 Å². The van der Waals surface area contributed by atoms with Crippen LogP contribution in [-0.4, -0.2) is 49.5 Å². The summed E-state index contributed by atoms with van der Waals surface area (Å²) < 4.78 is 18.9. The number of ether oxygens (including phenoxy) is 1. The van der Waals surface area contributed by atoms with Gasteiger partial charge in [-0.05, 0) is 67.0 Å². The van der Waals surface area contributed by atoms with Gasteiger partial charge >= 0.3 is 0 Å². The summed E-state index contributed by atoms with van der Waals surface area (Å²) >= 11 is 1.81. The lowest BCUT2D eigenvalue weighted by atomic mass is 10.1. The number of hydrogen-bond donors (Lipinski definition) is 1. The minimum Gasteiger partial charge on any atom is -0.496 e. The van der Waals surface area contributed by atoms with E-state index in [0.717, 1.165) is 37.0 Å². The number of aryl methyl sites for hydroxylation is 1. The summed E-state index contributed by atoms with van der Waals surface area (Å²) in [6, 6.07) is 12.3. The van der Waals surface area contributed by atoms with Gasteiger partial charge in [0.1, 0.15) is 18.4 Å². The lowest BCUT2D eigenvalue weighted by Gasteiger charge is -2.27. The highest BCUT2D eigenvalue weighted by Gasteiger charge is 2.23. The van der Waals surface area contributed by atoms with E-state index < -0.39 is 0 Å². The molecule has 5 nitrogen and oxygen atoms in total. The van der Waals surface area contributed by atoms with E-state index in [2.05, 4.69) is 24.3 Å². The largest absolute Gasteiger partial charge is 0.496 e. The monoisotopic (exact) mass is 461 g/mol. The smallest absolute Gasteiger partial charge is 0.254 e. The van der Waals surface area contributed by atoms with Crippen LogP contribution in [0.15, 0.2) is 53.4 Å². The van der Waals surface area contributed by atoms with Crippen molar-refractivity contribution in [2.24, 2.45) is 0 Å². The lowest BCUT2D eigenvalue weighted by Crippen LogP contribution is -2.38. The molecule has 7 heteroatoms. The summed E-state index contributed by atoms with van der Waals surface area (Å²) in [7, 11) is 2.69. The molecule has 1 aliphatic heterocycles. The maximum Gasteiger partial charge on any atom is 0.254 e. The van der Waals surface area contributed by atoms with Gasteiger partial charge in [0, 0.05) is 31.0 Å². The third kappa shape index (κ3) is 7.80. The van der Waals surface area contributed by atoms with Crippen molar-refractivity contribution in [3.63, 3.8) is 0 Å². The molecule has 1 atom stereocenters. The number of aliphatic hydroxyl groups excluding tert-OH is 1. The molecule has 0 saturated carbocycles. The average Bonchev–Trinajstić information content (AvgIpc) is 3.02. The van der Waals surface area contributed by atoms with E-state index in [1.807, 2.05) is 37.3 Å². The first-order valence-corrected chi connectivity index (χ1v) is 11.2. The summed E-state index contributed by atoms with van der Waals surface area (Å²) in [4.78, 5) is 24.0. The molecule has 32 heavy (non-hydrogen) atoms. The van der Waals surface area contributed by atoms with Gasteiger partial charge in [0.2, 0.25) is 0 Å². The molecule has 2 aromatic carbocycles. The second-order valence-electron chi connectivity index (χ2n) is 7.11. The predicted molar refractivity (Wildman–Crippen MR) is 129 cm³/mol. The highest BCUT2D eigenvalue weighted by Crippen LogP contribution is 2.30. The van der Waals surface area contributed by atoms with E-state index in [0.29, 0.717) is 12.1 Å². The Hall–Kier alpha value is -2.64. The topological polar surface area (TPSA) is 66.8 Å². The molecule has 3 rings (SSSR count). The number of methoxy groups -OCH3 is 1. The molecule has 1 heterocycles. The first-order chi connectivity index (χ1) is 15.5. The second-order valence-corrected chi connectivity index (χ2v) is 8.21. The molecule has 0 saturated heterocycles. The molecule has 0 bridgehead atoms. The third-order valence-electron chi connectivity index (χ3n) is 5.05. The van der Waals surface area contributed by atoms with Crippen LogP contribution < -0.4 is 4.74 Å². The molecule has 0 aliphatic carbocycles. The Morgan fingerprint density at radius 2 is 1.97 bits per heavy atom. The minimum absolute atomic E-state index is 0.0911. The minimum atomic E-state index is -0.378. The van der Waals surface area contributed by atoms with Gasteiger partial charge in [-0.15, -0.1) is 11.8 Å². The molecular weight excluding hydrogens is 429 g/mol. The van der Waals surface area contributed by atoms with Crippen molar-refractivity contribution in [1.82, 2.24) is 4.90 Å². The van der Waals surface area contributed by atoms with Crippen molar-refractivity contribution in [3.8, 4) is 5.75 Å². The van der Waals surface area contributed by atoms with Gasteiger partial charge in [-0.2, -0.15) is 0 Å². The van der Waals surface area contributed by atoms with E-state index in [1.54, 1.807) is 19.2 Å². The van der Waals surface area contributed by atoms with Crippen LogP contribution in [0.5, 0.6) is 5.75 Å². The van der Waals surface area contributed by atoms with Crippen LogP contribution in [0.1, 0.15) is 41.3 Å². The standard InChI is InChI=1S/C23H26FNO2S.CH4O.CH2O/c1-16-7-9-18(13-22(16)27-3)15-28-21-10-8-17(2)25(12-11-21)23(26)19-5-4-6-20(24)14-19;2*1-2/h4-7,9-10,13-14,17H,8,11-12,15H2,1-3H3;2H,1H3;1H2. The maximum atomic E-state index is 13.5. The summed E-state index contributed by atoms with van der Waals surface area (Å²) in [5, 5.41) is 7.00. The molecule has 2 aromatic rings. The first-order valence-electron chi connectivity index (χ1n) is 10.2. The summed E-state index contributed by atoms with van der Waals surface area (Å²) in [5.74, 6) is 1.30. The van der Waals surface area contributed by atoms with E-state index in [1.165, 1.54) is 22.6 Å². The zero-order valence-corrected chi connectivity index (χ0v) is 20.0. The Morgan fingerprint density at radius 1 is 1.25 bits per heavy atom. The van der Waals surface area contributed by atoms with Gasteiger partial charge < -0.3 is 19.5 Å². The van der Waals surface area contributed by atoms with Crippen LogP contribution in [0.2, 0.25) is 0 Å². The van der Waals surface area contributed by atoms with Crippen LogP contribution >= 0.6 is 11.8 Å². The summed E-state index contributed by atoms with van der Waals surface area (Å²) in [6.07, 6.45) is 3.86. The predicted octanol–water partition coefficient (Wildman–Crippen LogP) is 5.01. The number of benzene rings is 2. The molecular formula is C25H32FNO4S. The van der Waals surface area contributed by atoms with E-state index >= 15 is 0 Å². The molecule has 0 aromatic heterocycles. The maximum absolute atomic E-state index is 13.5. The molecule has 1 amide bonds. The summed E-state index contributed by atoms with van der Waals surface area (Å²) in [5.41, 5.74) is 2.76. The van der Waals surface area contributed by atoms with Crippen molar-refractivity contribution in [2.75, 3.05) is 20.8 Å². The normalized spacial score (nSPS) is 15.2. The van der Waals surface area contributed by atoms with Crippen LogP contribution in [0.4, 0.5) is 4.39 Å². The Kier molecular flexibility index (Phi) is 12.4. The molecule has 1 aliphatic rings. The molecule has 1 N–H and O–H groups in total. The zero-order valence-electron chi connectivity index (χ0n) is 19.1. The fraction of sp³-hybridized carbons (Fsp3) is 0.360. The van der Waals surface area contributed by atoms with Gasteiger partial charge in [0.25, 0.3) is 5.91 Å². The van der Waals surface area contributed by atoms with E-state index in [9.17, 15) is 9.18 Å². The van der Waals surface area contributed by atoms with Crippen LogP contribution in [-0.2, 0) is 10.5 Å². The summed E-state index contributed by atoms with van der Waals surface area (Å²) in [6.45, 7) is 6.73. The van der Waals surface area contributed by atoms with E-state index in [4.69, 9.17) is 14.6 Å². The molecule has 1 unspecified atom stereocenters. The third-order valence-corrected chi connectivity index (χ3v) is 6.27. The number of rotatable bonds is 5. The Bertz CT molecular complexity index is 903. The molecule has 174 valence electrons. The van der Waals surface area contributed by atoms with Gasteiger partial charge in [-0.3, -0.25) is 4.79 Å². The molecule has 0 spiro atoms. The quantitative estimate of drug-likeness (QED) is 0.678. The fourth-order valence-electron chi connectivity index (χ4n) is 3.33. The van der Waals surface area contributed by atoms with Crippen molar-refractivity contribution in [3.05, 3.63) is 76.0 Å². The van der Waals surface area contributed by atoms with Gasteiger partial charge in [0.05, 0.1) is 7.11 Å². The highest BCUT2D eigenvalue weighted by molar-refractivity contribution is 8.02. The number of hydrogen-bond acceptors (Lipinski definition) is 5. The number of halogens is 1. The Morgan fingerprint density at radius 3 is 2.62 bits per heavy atom. The second kappa shape index (κ2) is 14.4. The van der Waals surface area contributed by atoms with Crippen LogP contribution in [0, 0.1) is 12.7 Å². The van der Waals surface area contributed by atoms with Crippen molar-refractivity contribution < 1.29 is 23.8 Å². The van der Waals surface area contributed by atoms with Crippen LogP contribution in [0.3, 0.4) is 0 Å². The SMILES string of the molecule is C=O.CO.COc1cc(CSC2=CCC(C)N(C(=O)c3cccc(F)c3)CC2)ccc1C. The Balaban J connectivity index is 0.00000121. The first kappa shape index (κ1) is 27.4. The van der Waals surface area contributed by atoms with Gasteiger partial charge in [0.15, 0.2) is 0 Å². The van der Waals surface area contributed by atoms with Crippen LogP contribution in [0.25, 0.3) is 0 Å². The van der Waals surface area contributed by atoms with Gasteiger partial charge in [-0.1, -0.05) is 24.3 Å². The number of carbonyl (C=O) groups excluding carboxylic acids is 2. The number of nitrogens with zero attached hydrogens (tertiary/aromatic N) is 1. The molecule has 0 fully saturated rings.